The maximum absolute atomic E-state index is 12.0. The van der Waals surface area contributed by atoms with Crippen molar-refractivity contribution in [2.45, 2.75) is 31.2 Å². The number of thioether (sulfide) groups is 1. The topological polar surface area (TPSA) is 84.5 Å². The van der Waals surface area contributed by atoms with Crippen LogP contribution in [0.4, 0.5) is 0 Å². The molecule has 124 valence electrons. The molecule has 7 heteroatoms. The Morgan fingerprint density at radius 2 is 2.09 bits per heavy atom. The maximum atomic E-state index is 12.0. The summed E-state index contributed by atoms with van der Waals surface area (Å²) >= 11 is 1.31. The molecule has 6 nitrogen and oxygen atoms in total. The molecule has 2 atom stereocenters. The van der Waals surface area contributed by atoms with E-state index in [-0.39, 0.29) is 24.8 Å². The van der Waals surface area contributed by atoms with Crippen molar-refractivity contribution in [2.75, 3.05) is 12.4 Å². The van der Waals surface area contributed by atoms with Crippen molar-refractivity contribution in [3.8, 4) is 0 Å². The van der Waals surface area contributed by atoms with Gasteiger partial charge in [0.05, 0.1) is 11.9 Å². The summed E-state index contributed by atoms with van der Waals surface area (Å²) in [7, 11) is 0. The Bertz CT molecular complexity index is 564. The molecule has 0 unspecified atom stereocenters. The van der Waals surface area contributed by atoms with E-state index in [0.29, 0.717) is 12.3 Å². The Hall–Kier alpha value is -2.02. The first kappa shape index (κ1) is 17.3. The third kappa shape index (κ3) is 5.28. The largest absolute Gasteiger partial charge is 0.464 e. The summed E-state index contributed by atoms with van der Waals surface area (Å²) in [5, 5.41) is 4.94. The number of hydrogen-bond acceptors (Lipinski definition) is 5. The molecule has 2 amide bonds. The predicted molar refractivity (Wildman–Crippen MR) is 87.7 cm³/mol. The lowest BCUT2D eigenvalue weighted by Gasteiger charge is -2.27. The number of ether oxygens (including phenoxy) is 1. The van der Waals surface area contributed by atoms with Gasteiger partial charge in [0.15, 0.2) is 0 Å². The van der Waals surface area contributed by atoms with Crippen LogP contribution in [0.25, 0.3) is 0 Å². The van der Waals surface area contributed by atoms with Crippen LogP contribution in [0.3, 0.4) is 0 Å². The summed E-state index contributed by atoms with van der Waals surface area (Å²) in [4.78, 5) is 35.6. The second-order valence-corrected chi connectivity index (χ2v) is 6.34. The quantitative estimate of drug-likeness (QED) is 0.753. The summed E-state index contributed by atoms with van der Waals surface area (Å²) < 4.78 is 4.89. The fraction of sp³-hybridized carbons (Fsp3) is 0.438. The van der Waals surface area contributed by atoms with E-state index in [4.69, 9.17) is 4.74 Å². The minimum absolute atomic E-state index is 0.0961. The molecule has 2 N–H and O–H groups in total. The van der Waals surface area contributed by atoms with Crippen LogP contribution in [0.1, 0.15) is 18.9 Å². The van der Waals surface area contributed by atoms with Gasteiger partial charge in [0.2, 0.25) is 11.8 Å². The lowest BCUT2D eigenvalue weighted by atomic mass is 10.2. The van der Waals surface area contributed by atoms with Crippen LogP contribution in [0, 0.1) is 0 Å². The molecule has 1 aromatic rings. The summed E-state index contributed by atoms with van der Waals surface area (Å²) in [6.07, 6.45) is 0.0961. The predicted octanol–water partition coefficient (Wildman–Crippen LogP) is 0.856. The molecule has 0 aliphatic carbocycles. The second kappa shape index (κ2) is 8.57. The van der Waals surface area contributed by atoms with Crippen LogP contribution in [-0.2, 0) is 25.7 Å². The molecule has 0 saturated carbocycles. The lowest BCUT2D eigenvalue weighted by Crippen LogP contribution is -2.52. The van der Waals surface area contributed by atoms with Crippen molar-refractivity contribution in [3.63, 3.8) is 0 Å². The molecule has 0 spiro atoms. The number of carbonyl (C=O) groups is 3. The average Bonchev–Trinajstić information content (AvgIpc) is 2.56. The number of rotatable bonds is 6. The van der Waals surface area contributed by atoms with Crippen LogP contribution in [0.2, 0.25) is 0 Å². The van der Waals surface area contributed by atoms with Crippen molar-refractivity contribution in [1.29, 1.82) is 0 Å². The highest BCUT2D eigenvalue weighted by molar-refractivity contribution is 8.00. The fourth-order valence-electron chi connectivity index (χ4n) is 2.15. The van der Waals surface area contributed by atoms with Gasteiger partial charge in [-0.15, -0.1) is 11.8 Å². The Balaban J connectivity index is 1.76. The molecule has 0 bridgehead atoms. The van der Waals surface area contributed by atoms with E-state index in [0.717, 1.165) is 5.56 Å². The third-order valence-electron chi connectivity index (χ3n) is 3.35. The number of amides is 2. The molecule has 1 aromatic carbocycles. The summed E-state index contributed by atoms with van der Waals surface area (Å²) in [5.41, 5.74) is 1.00. The van der Waals surface area contributed by atoms with Gasteiger partial charge in [0.25, 0.3) is 0 Å². The first-order valence-corrected chi connectivity index (χ1v) is 8.54. The zero-order valence-electron chi connectivity index (χ0n) is 12.9. The Labute approximate surface area is 139 Å². The van der Waals surface area contributed by atoms with E-state index in [1.54, 1.807) is 6.92 Å². The van der Waals surface area contributed by atoms with Gasteiger partial charge in [-0.1, -0.05) is 30.3 Å². The van der Waals surface area contributed by atoms with Crippen molar-refractivity contribution >= 4 is 29.5 Å². The first-order chi connectivity index (χ1) is 11.1. The summed E-state index contributed by atoms with van der Waals surface area (Å²) in [5.74, 6) is -0.494. The van der Waals surface area contributed by atoms with Crippen molar-refractivity contribution in [1.82, 2.24) is 10.6 Å². The van der Waals surface area contributed by atoms with Gasteiger partial charge in [-0.05, 0) is 12.5 Å². The van der Waals surface area contributed by atoms with E-state index in [1.165, 1.54) is 11.8 Å². The van der Waals surface area contributed by atoms with E-state index in [1.807, 2.05) is 30.3 Å². The molecule has 23 heavy (non-hydrogen) atoms. The van der Waals surface area contributed by atoms with Gasteiger partial charge in [-0.2, -0.15) is 0 Å². The zero-order valence-corrected chi connectivity index (χ0v) is 13.7. The van der Waals surface area contributed by atoms with Gasteiger partial charge < -0.3 is 15.4 Å². The Morgan fingerprint density at radius 3 is 2.74 bits per heavy atom. The highest BCUT2D eigenvalue weighted by atomic mass is 32.2. The highest BCUT2D eigenvalue weighted by Gasteiger charge is 2.34. The zero-order chi connectivity index (χ0) is 16.7. The summed E-state index contributed by atoms with van der Waals surface area (Å²) in [6, 6.07) is 8.94. The van der Waals surface area contributed by atoms with E-state index >= 15 is 0 Å². The second-order valence-electron chi connectivity index (χ2n) is 5.10. The van der Waals surface area contributed by atoms with Crippen molar-refractivity contribution in [3.05, 3.63) is 35.9 Å². The SMILES string of the molecule is CCOC(=O)[C@@H]1CS[C@H](CC(=O)NCc2ccccc2)C(=O)N1. The van der Waals surface area contributed by atoms with Crippen LogP contribution >= 0.6 is 11.8 Å². The monoisotopic (exact) mass is 336 g/mol. The average molecular weight is 336 g/mol. The van der Waals surface area contributed by atoms with Gasteiger partial charge in [-0.3, -0.25) is 9.59 Å². The number of nitrogens with one attached hydrogen (secondary N) is 2. The molecule has 1 saturated heterocycles. The van der Waals surface area contributed by atoms with E-state index in [2.05, 4.69) is 10.6 Å². The Morgan fingerprint density at radius 1 is 1.35 bits per heavy atom. The molecule has 1 fully saturated rings. The van der Waals surface area contributed by atoms with Gasteiger partial charge >= 0.3 is 5.97 Å². The van der Waals surface area contributed by atoms with Gasteiger partial charge in [0, 0.05) is 18.7 Å². The van der Waals surface area contributed by atoms with Gasteiger partial charge in [-0.25, -0.2) is 4.79 Å². The smallest absolute Gasteiger partial charge is 0.329 e. The van der Waals surface area contributed by atoms with Crippen molar-refractivity contribution in [2.24, 2.45) is 0 Å². The third-order valence-corrected chi connectivity index (χ3v) is 4.66. The number of hydrogen-bond donors (Lipinski definition) is 2. The molecular formula is C16H20N2O4S. The molecular weight excluding hydrogens is 316 g/mol. The maximum Gasteiger partial charge on any atom is 0.329 e. The molecule has 2 rings (SSSR count). The van der Waals surface area contributed by atoms with Crippen LogP contribution in [0.5, 0.6) is 0 Å². The molecule has 1 aliphatic heterocycles. The minimum atomic E-state index is -0.629. The van der Waals surface area contributed by atoms with E-state index in [9.17, 15) is 14.4 Å². The van der Waals surface area contributed by atoms with Crippen molar-refractivity contribution < 1.29 is 19.1 Å². The normalized spacial score (nSPS) is 20.5. The molecule has 0 radical (unpaired) electrons. The lowest BCUT2D eigenvalue weighted by molar-refractivity contribution is -0.146. The number of carbonyl (C=O) groups excluding carboxylic acids is 3. The first-order valence-electron chi connectivity index (χ1n) is 7.49. The fourth-order valence-corrected chi connectivity index (χ4v) is 3.29. The standard InChI is InChI=1S/C16H20N2O4S/c1-2-22-16(21)12-10-23-13(15(20)18-12)8-14(19)17-9-11-6-4-3-5-7-11/h3-7,12-13H,2,8-10H2,1H3,(H,17,19)(H,18,20)/t12-,13+/m0/s1. The Kier molecular flexibility index (Phi) is 6.46. The molecule has 1 aliphatic rings. The van der Waals surface area contributed by atoms with E-state index < -0.39 is 17.3 Å². The highest BCUT2D eigenvalue weighted by Crippen LogP contribution is 2.21. The van der Waals surface area contributed by atoms with Crippen LogP contribution in [-0.4, -0.2) is 41.4 Å². The van der Waals surface area contributed by atoms with Crippen LogP contribution < -0.4 is 10.6 Å². The molecule has 0 aromatic heterocycles. The van der Waals surface area contributed by atoms with Crippen LogP contribution in [0.15, 0.2) is 30.3 Å². The summed E-state index contributed by atoms with van der Waals surface area (Å²) in [6.45, 7) is 2.43. The number of benzene rings is 1. The minimum Gasteiger partial charge on any atom is -0.464 e. The van der Waals surface area contributed by atoms with Gasteiger partial charge in [0.1, 0.15) is 6.04 Å². The molecule has 1 heterocycles. The number of esters is 1.